The Morgan fingerprint density at radius 2 is 1.76 bits per heavy atom. The molecule has 0 bridgehead atoms. The van der Waals surface area contributed by atoms with E-state index in [0.29, 0.717) is 5.56 Å². The van der Waals surface area contributed by atoms with Gasteiger partial charge in [0.15, 0.2) is 0 Å². The van der Waals surface area contributed by atoms with E-state index in [-0.39, 0.29) is 0 Å². The molecule has 0 saturated carbocycles. The molecule has 0 amide bonds. The lowest BCUT2D eigenvalue weighted by Gasteiger charge is -2.06. The Balaban J connectivity index is 2.36. The third-order valence-electron chi connectivity index (χ3n) is 2.28. The summed E-state index contributed by atoms with van der Waals surface area (Å²) in [5.41, 5.74) is 1.37. The van der Waals surface area contributed by atoms with Gasteiger partial charge in [-0.25, -0.2) is 0 Å². The van der Waals surface area contributed by atoms with Gasteiger partial charge in [-0.05, 0) is 30.7 Å². The van der Waals surface area contributed by atoms with Crippen LogP contribution in [0.15, 0.2) is 36.7 Å². The Bertz CT molecular complexity index is 518. The van der Waals surface area contributed by atoms with Gasteiger partial charge in [0, 0.05) is 23.7 Å². The molecule has 2 rings (SSSR count). The van der Waals surface area contributed by atoms with Crippen LogP contribution in [0.1, 0.15) is 11.4 Å². The lowest BCUT2D eigenvalue weighted by Crippen LogP contribution is -2.07. The molecule has 0 aliphatic rings. The average Bonchev–Trinajstić information content (AvgIpc) is 2.28. The molecule has 0 atom stereocenters. The van der Waals surface area contributed by atoms with Crippen molar-refractivity contribution in [3.63, 3.8) is 0 Å². The topological polar surface area (TPSA) is 25.8 Å². The number of rotatable bonds is 1. The summed E-state index contributed by atoms with van der Waals surface area (Å²) >= 11 is 0. The van der Waals surface area contributed by atoms with Crippen molar-refractivity contribution >= 4 is 0 Å². The predicted octanol–water partition coefficient (Wildman–Crippen LogP) is 3.47. The van der Waals surface area contributed by atoms with Crippen molar-refractivity contribution in [2.24, 2.45) is 0 Å². The molecule has 0 aliphatic heterocycles. The highest BCUT2D eigenvalue weighted by Crippen LogP contribution is 2.28. The normalized spacial score (nSPS) is 11.5. The number of hydrogen-bond acceptors (Lipinski definition) is 2. The van der Waals surface area contributed by atoms with Crippen molar-refractivity contribution in [3.8, 4) is 11.1 Å². The first-order chi connectivity index (χ1) is 7.97. The van der Waals surface area contributed by atoms with E-state index in [0.717, 1.165) is 17.3 Å². The van der Waals surface area contributed by atoms with Crippen molar-refractivity contribution in [1.82, 2.24) is 9.97 Å². The van der Waals surface area contributed by atoms with Crippen molar-refractivity contribution in [2.75, 3.05) is 0 Å². The van der Waals surface area contributed by atoms with Crippen LogP contribution in [0.5, 0.6) is 0 Å². The SMILES string of the molecule is Cc1cc(-c2ccc(C(F)(F)F)nc2)ccn1. The average molecular weight is 238 g/mol. The van der Waals surface area contributed by atoms with Gasteiger partial charge in [-0.1, -0.05) is 6.07 Å². The molecule has 88 valence electrons. The summed E-state index contributed by atoms with van der Waals surface area (Å²) in [7, 11) is 0. The van der Waals surface area contributed by atoms with Gasteiger partial charge >= 0.3 is 6.18 Å². The van der Waals surface area contributed by atoms with E-state index in [1.165, 1.54) is 12.3 Å². The summed E-state index contributed by atoms with van der Waals surface area (Å²) in [4.78, 5) is 7.43. The molecule has 0 spiro atoms. The van der Waals surface area contributed by atoms with Crippen LogP contribution in [0.2, 0.25) is 0 Å². The quantitative estimate of drug-likeness (QED) is 0.760. The maximum Gasteiger partial charge on any atom is 0.433 e. The lowest BCUT2D eigenvalue weighted by atomic mass is 10.1. The van der Waals surface area contributed by atoms with Crippen LogP contribution >= 0.6 is 0 Å². The van der Waals surface area contributed by atoms with Crippen molar-refractivity contribution in [3.05, 3.63) is 48.0 Å². The van der Waals surface area contributed by atoms with E-state index in [9.17, 15) is 13.2 Å². The van der Waals surface area contributed by atoms with E-state index in [1.807, 2.05) is 6.92 Å². The molecule has 5 heteroatoms. The highest BCUT2D eigenvalue weighted by atomic mass is 19.4. The lowest BCUT2D eigenvalue weighted by molar-refractivity contribution is -0.141. The molecule has 2 nitrogen and oxygen atoms in total. The number of alkyl halides is 3. The largest absolute Gasteiger partial charge is 0.433 e. The standard InChI is InChI=1S/C12H9F3N2/c1-8-6-9(4-5-16-8)10-2-3-11(17-7-10)12(13,14)15/h2-7H,1H3. The van der Waals surface area contributed by atoms with Crippen molar-refractivity contribution < 1.29 is 13.2 Å². The van der Waals surface area contributed by atoms with Crippen LogP contribution in [0, 0.1) is 6.92 Å². The van der Waals surface area contributed by atoms with Gasteiger partial charge in [0.2, 0.25) is 0 Å². The zero-order chi connectivity index (χ0) is 12.5. The Kier molecular flexibility index (Phi) is 2.83. The maximum absolute atomic E-state index is 12.3. The molecule has 0 saturated heterocycles. The van der Waals surface area contributed by atoms with E-state index < -0.39 is 11.9 Å². The van der Waals surface area contributed by atoms with Gasteiger partial charge in [-0.2, -0.15) is 13.2 Å². The Labute approximate surface area is 96.2 Å². The van der Waals surface area contributed by atoms with Crippen molar-refractivity contribution in [2.45, 2.75) is 13.1 Å². The fourth-order valence-electron chi connectivity index (χ4n) is 1.46. The van der Waals surface area contributed by atoms with Gasteiger partial charge in [0.05, 0.1) is 0 Å². The fraction of sp³-hybridized carbons (Fsp3) is 0.167. The number of nitrogens with zero attached hydrogens (tertiary/aromatic N) is 2. The van der Waals surface area contributed by atoms with E-state index >= 15 is 0 Å². The third-order valence-corrected chi connectivity index (χ3v) is 2.28. The minimum Gasteiger partial charge on any atom is -0.262 e. The van der Waals surface area contributed by atoms with Gasteiger partial charge in [-0.3, -0.25) is 9.97 Å². The minimum absolute atomic E-state index is 0.642. The van der Waals surface area contributed by atoms with Crippen LogP contribution in [-0.4, -0.2) is 9.97 Å². The van der Waals surface area contributed by atoms with Gasteiger partial charge in [0.25, 0.3) is 0 Å². The molecule has 2 aromatic rings. The number of halogens is 3. The molecule has 0 radical (unpaired) electrons. The van der Waals surface area contributed by atoms with Crippen LogP contribution in [0.4, 0.5) is 13.2 Å². The van der Waals surface area contributed by atoms with E-state index in [4.69, 9.17) is 0 Å². The third kappa shape index (κ3) is 2.61. The molecule has 0 N–H and O–H groups in total. The zero-order valence-electron chi connectivity index (χ0n) is 8.99. The summed E-state index contributed by atoms with van der Waals surface area (Å²) in [6.45, 7) is 1.82. The second kappa shape index (κ2) is 4.16. The second-order valence-electron chi connectivity index (χ2n) is 3.62. The molecule has 2 aromatic heterocycles. The van der Waals surface area contributed by atoms with E-state index in [2.05, 4.69) is 9.97 Å². The van der Waals surface area contributed by atoms with Gasteiger partial charge < -0.3 is 0 Å². The number of pyridine rings is 2. The predicted molar refractivity (Wildman–Crippen MR) is 57.2 cm³/mol. The van der Waals surface area contributed by atoms with Crippen LogP contribution < -0.4 is 0 Å². The molecule has 0 unspecified atom stereocenters. The highest BCUT2D eigenvalue weighted by molar-refractivity contribution is 5.62. The molecule has 2 heterocycles. The Hall–Kier alpha value is -1.91. The summed E-state index contributed by atoms with van der Waals surface area (Å²) in [5.74, 6) is 0. The van der Waals surface area contributed by atoms with E-state index in [1.54, 1.807) is 18.3 Å². The van der Waals surface area contributed by atoms with Crippen LogP contribution in [0.3, 0.4) is 0 Å². The highest BCUT2D eigenvalue weighted by Gasteiger charge is 2.31. The van der Waals surface area contributed by atoms with Crippen molar-refractivity contribution in [1.29, 1.82) is 0 Å². The smallest absolute Gasteiger partial charge is 0.262 e. The van der Waals surface area contributed by atoms with Gasteiger partial charge in [-0.15, -0.1) is 0 Å². The molecule has 0 fully saturated rings. The Morgan fingerprint density at radius 3 is 2.29 bits per heavy atom. The molecular weight excluding hydrogens is 229 g/mol. The monoisotopic (exact) mass is 238 g/mol. The number of aryl methyl sites for hydroxylation is 1. The molecule has 0 aliphatic carbocycles. The zero-order valence-corrected chi connectivity index (χ0v) is 8.99. The summed E-state index contributed by atoms with van der Waals surface area (Å²) < 4.78 is 36.9. The molecular formula is C12H9F3N2. The number of aromatic nitrogens is 2. The Morgan fingerprint density at radius 1 is 1.00 bits per heavy atom. The molecule has 0 aromatic carbocycles. The first kappa shape index (κ1) is 11.6. The summed E-state index contributed by atoms with van der Waals surface area (Å²) in [5, 5.41) is 0. The van der Waals surface area contributed by atoms with Crippen LogP contribution in [0.25, 0.3) is 11.1 Å². The molecule has 17 heavy (non-hydrogen) atoms. The summed E-state index contributed by atoms with van der Waals surface area (Å²) in [6, 6.07) is 5.91. The summed E-state index contributed by atoms with van der Waals surface area (Å²) in [6.07, 6.45) is -1.56. The van der Waals surface area contributed by atoms with Gasteiger partial charge in [0.1, 0.15) is 5.69 Å². The first-order valence-corrected chi connectivity index (χ1v) is 4.93. The number of hydrogen-bond donors (Lipinski definition) is 0. The van der Waals surface area contributed by atoms with Crippen LogP contribution in [-0.2, 0) is 6.18 Å². The fourth-order valence-corrected chi connectivity index (χ4v) is 1.46. The second-order valence-corrected chi connectivity index (χ2v) is 3.62. The maximum atomic E-state index is 12.3. The first-order valence-electron chi connectivity index (χ1n) is 4.93. The minimum atomic E-state index is -4.40.